The maximum atomic E-state index is 11.4. The third-order valence-electron chi connectivity index (χ3n) is 4.30. The number of rotatable bonds is 4. The molecule has 1 heterocycles. The van der Waals surface area contributed by atoms with Gasteiger partial charge >= 0.3 is 0 Å². The van der Waals surface area contributed by atoms with Gasteiger partial charge in [0.05, 0.1) is 7.05 Å². The largest absolute Gasteiger partial charge is 0.391 e. The zero-order chi connectivity index (χ0) is 15.1. The van der Waals surface area contributed by atoms with Crippen LogP contribution in [0.5, 0.6) is 0 Å². The first-order valence-electron chi connectivity index (χ1n) is 6.53. The summed E-state index contributed by atoms with van der Waals surface area (Å²) in [6.45, 7) is 4.36. The van der Waals surface area contributed by atoms with Crippen LogP contribution in [0.2, 0.25) is 10.0 Å². The molecule has 0 amide bonds. The Balaban J connectivity index is 2.20. The standard InChI is InChI=1S/C15H19Cl2N2O/c1-9(15(18)10(2)20)19(3)8-11(19)7-12-13(16)5-4-6-14(12)17/h4-6,11H,7-8,18H2,1-3H3/q+1. The van der Waals surface area contributed by atoms with E-state index in [1.165, 1.54) is 6.92 Å². The van der Waals surface area contributed by atoms with E-state index in [2.05, 4.69) is 7.05 Å². The van der Waals surface area contributed by atoms with Gasteiger partial charge in [-0.15, -0.1) is 0 Å². The van der Waals surface area contributed by atoms with E-state index in [0.29, 0.717) is 26.3 Å². The fourth-order valence-electron chi connectivity index (χ4n) is 2.56. The number of hydrogen-bond donors (Lipinski definition) is 1. The highest BCUT2D eigenvalue weighted by Gasteiger charge is 2.54. The fourth-order valence-corrected chi connectivity index (χ4v) is 3.11. The Hall–Kier alpha value is -1.03. The van der Waals surface area contributed by atoms with Crippen molar-refractivity contribution in [3.63, 3.8) is 0 Å². The average Bonchev–Trinajstić information content (AvgIpc) is 3.04. The SMILES string of the molecule is CC(=O)C(N)=C(C)[N+]1(C)CC1Cc1c(Cl)cccc1Cl. The zero-order valence-electron chi connectivity index (χ0n) is 11.9. The molecule has 108 valence electrons. The highest BCUT2D eigenvalue weighted by molar-refractivity contribution is 6.36. The van der Waals surface area contributed by atoms with Crippen LogP contribution in [0.15, 0.2) is 29.6 Å². The maximum absolute atomic E-state index is 11.4. The van der Waals surface area contributed by atoms with Crippen LogP contribution in [-0.4, -0.2) is 29.9 Å². The Labute approximate surface area is 129 Å². The molecule has 1 aliphatic rings. The van der Waals surface area contributed by atoms with Crippen molar-refractivity contribution in [2.75, 3.05) is 13.6 Å². The van der Waals surface area contributed by atoms with Crippen LogP contribution in [-0.2, 0) is 11.2 Å². The maximum Gasteiger partial charge on any atom is 0.181 e. The molecule has 20 heavy (non-hydrogen) atoms. The molecule has 1 aliphatic heterocycles. The van der Waals surface area contributed by atoms with Gasteiger partial charge in [-0.3, -0.25) is 9.28 Å². The Kier molecular flexibility index (Phi) is 4.14. The second-order valence-electron chi connectivity index (χ2n) is 5.56. The van der Waals surface area contributed by atoms with Crippen molar-refractivity contribution in [3.05, 3.63) is 45.2 Å². The van der Waals surface area contributed by atoms with E-state index in [-0.39, 0.29) is 5.78 Å². The number of carbonyl (C=O) groups excluding carboxylic acids is 1. The van der Waals surface area contributed by atoms with Crippen molar-refractivity contribution in [1.29, 1.82) is 0 Å². The van der Waals surface area contributed by atoms with Crippen LogP contribution >= 0.6 is 23.2 Å². The van der Waals surface area contributed by atoms with Gasteiger partial charge in [0.2, 0.25) is 0 Å². The van der Waals surface area contributed by atoms with Crippen LogP contribution < -0.4 is 5.73 Å². The molecule has 0 saturated carbocycles. The predicted octanol–water partition coefficient (Wildman–Crippen LogP) is 3.14. The molecule has 5 heteroatoms. The molecule has 3 nitrogen and oxygen atoms in total. The van der Waals surface area contributed by atoms with Gasteiger partial charge in [-0.1, -0.05) is 29.3 Å². The molecule has 0 aromatic heterocycles. The first-order chi connectivity index (χ1) is 9.27. The lowest BCUT2D eigenvalue weighted by Gasteiger charge is -2.17. The van der Waals surface area contributed by atoms with Crippen molar-refractivity contribution < 1.29 is 9.28 Å². The van der Waals surface area contributed by atoms with E-state index in [1.807, 2.05) is 25.1 Å². The Morgan fingerprint density at radius 1 is 1.35 bits per heavy atom. The van der Waals surface area contributed by atoms with Gasteiger partial charge in [0.1, 0.15) is 24.0 Å². The van der Waals surface area contributed by atoms with Gasteiger partial charge in [0, 0.05) is 30.3 Å². The molecule has 0 spiro atoms. The summed E-state index contributed by atoms with van der Waals surface area (Å²) < 4.78 is 0.687. The molecule has 1 fully saturated rings. The van der Waals surface area contributed by atoms with Gasteiger partial charge in [0.15, 0.2) is 5.78 Å². The molecule has 1 aromatic rings. The summed E-state index contributed by atoms with van der Waals surface area (Å²) >= 11 is 12.4. The summed E-state index contributed by atoms with van der Waals surface area (Å²) in [6.07, 6.45) is 0.789. The summed E-state index contributed by atoms with van der Waals surface area (Å²) in [5.41, 5.74) is 8.12. The quantitative estimate of drug-likeness (QED) is 0.527. The smallest absolute Gasteiger partial charge is 0.181 e. The number of carbonyl (C=O) groups is 1. The fraction of sp³-hybridized carbons (Fsp3) is 0.400. The molecule has 0 aliphatic carbocycles. The van der Waals surface area contributed by atoms with Gasteiger partial charge in [0.25, 0.3) is 0 Å². The molecular weight excluding hydrogens is 295 g/mol. The van der Waals surface area contributed by atoms with Gasteiger partial charge in [-0.25, -0.2) is 0 Å². The Bertz CT molecular complexity index is 577. The molecule has 2 N–H and O–H groups in total. The van der Waals surface area contributed by atoms with Crippen LogP contribution in [0.25, 0.3) is 0 Å². The van der Waals surface area contributed by atoms with Crippen molar-refractivity contribution in [3.8, 4) is 0 Å². The number of halogens is 2. The number of nitrogens with two attached hydrogens (primary N) is 1. The number of allylic oxidation sites excluding steroid dienone is 2. The van der Waals surface area contributed by atoms with Crippen LogP contribution in [0.4, 0.5) is 0 Å². The van der Waals surface area contributed by atoms with E-state index < -0.39 is 0 Å². The van der Waals surface area contributed by atoms with Crippen molar-refractivity contribution in [2.45, 2.75) is 26.3 Å². The number of hydrogen-bond acceptors (Lipinski definition) is 2. The molecular formula is C15H19Cl2N2O+. The lowest BCUT2D eigenvalue weighted by molar-refractivity contribution is -0.750. The lowest BCUT2D eigenvalue weighted by Crippen LogP contribution is -2.27. The van der Waals surface area contributed by atoms with E-state index in [9.17, 15) is 4.79 Å². The van der Waals surface area contributed by atoms with Gasteiger partial charge < -0.3 is 5.73 Å². The van der Waals surface area contributed by atoms with Crippen molar-refractivity contribution in [1.82, 2.24) is 0 Å². The first-order valence-corrected chi connectivity index (χ1v) is 7.29. The lowest BCUT2D eigenvalue weighted by atomic mass is 10.1. The predicted molar refractivity (Wildman–Crippen MR) is 82.6 cm³/mol. The molecule has 2 unspecified atom stereocenters. The first kappa shape index (κ1) is 15.4. The summed E-state index contributed by atoms with van der Waals surface area (Å²) in [6, 6.07) is 5.91. The number of likely N-dealkylation sites (N-methyl/N-ethyl adjacent to an activating group) is 1. The summed E-state index contributed by atoms with van der Waals surface area (Å²) in [7, 11) is 2.08. The van der Waals surface area contributed by atoms with E-state index >= 15 is 0 Å². The monoisotopic (exact) mass is 313 g/mol. The molecule has 0 bridgehead atoms. The molecule has 2 rings (SSSR count). The number of benzene rings is 1. The molecule has 0 radical (unpaired) electrons. The van der Waals surface area contributed by atoms with Crippen LogP contribution in [0.3, 0.4) is 0 Å². The Morgan fingerprint density at radius 2 is 1.90 bits per heavy atom. The zero-order valence-corrected chi connectivity index (χ0v) is 13.4. The minimum Gasteiger partial charge on any atom is -0.391 e. The normalized spacial score (nSPS) is 26.1. The summed E-state index contributed by atoms with van der Waals surface area (Å²) in [4.78, 5) is 11.4. The second-order valence-corrected chi connectivity index (χ2v) is 6.38. The third kappa shape index (κ3) is 2.71. The molecule has 1 saturated heterocycles. The second kappa shape index (κ2) is 5.40. The number of Topliss-reactive ketones (excluding diaryl/α,β-unsaturated/α-hetero) is 1. The van der Waals surface area contributed by atoms with Gasteiger partial charge in [-0.05, 0) is 17.7 Å². The third-order valence-corrected chi connectivity index (χ3v) is 5.01. The highest BCUT2D eigenvalue weighted by atomic mass is 35.5. The number of nitrogens with zero attached hydrogens (tertiary/aromatic N) is 1. The number of ketones is 1. The molecule has 1 aromatic carbocycles. The Morgan fingerprint density at radius 3 is 2.40 bits per heavy atom. The van der Waals surface area contributed by atoms with E-state index in [4.69, 9.17) is 28.9 Å². The average molecular weight is 314 g/mol. The minimum absolute atomic E-state index is 0.0803. The highest BCUT2D eigenvalue weighted by Crippen LogP contribution is 2.39. The minimum atomic E-state index is -0.0803. The van der Waals surface area contributed by atoms with Crippen molar-refractivity contribution >= 4 is 29.0 Å². The van der Waals surface area contributed by atoms with E-state index in [1.54, 1.807) is 0 Å². The summed E-state index contributed by atoms with van der Waals surface area (Å²) in [5, 5.41) is 1.38. The molecule has 2 atom stereocenters. The summed E-state index contributed by atoms with van der Waals surface area (Å²) in [5.74, 6) is -0.0803. The topological polar surface area (TPSA) is 43.1 Å². The van der Waals surface area contributed by atoms with Crippen molar-refractivity contribution in [2.24, 2.45) is 5.73 Å². The van der Waals surface area contributed by atoms with Gasteiger partial charge in [-0.2, -0.15) is 0 Å². The number of quaternary nitrogens is 1. The van der Waals surface area contributed by atoms with E-state index in [0.717, 1.165) is 24.2 Å². The van der Waals surface area contributed by atoms with Crippen LogP contribution in [0.1, 0.15) is 19.4 Å². The van der Waals surface area contributed by atoms with Crippen LogP contribution in [0, 0.1) is 0 Å².